The molecule has 44 heavy (non-hydrogen) atoms. The van der Waals surface area contributed by atoms with Gasteiger partial charge in [0.15, 0.2) is 6.23 Å². The second kappa shape index (κ2) is 18.5. The van der Waals surface area contributed by atoms with Gasteiger partial charge in [-0.15, -0.1) is 0 Å². The van der Waals surface area contributed by atoms with Crippen molar-refractivity contribution in [3.05, 3.63) is 89.0 Å². The van der Waals surface area contributed by atoms with Crippen molar-refractivity contribution < 1.29 is 28.2 Å². The van der Waals surface area contributed by atoms with Gasteiger partial charge in [-0.05, 0) is 72.0 Å². The summed E-state index contributed by atoms with van der Waals surface area (Å²) in [7, 11) is 5.00. The second-order valence-electron chi connectivity index (χ2n) is 10.00. The average molecular weight is 608 g/mol. The molecule has 1 saturated carbocycles. The SMILES string of the molecule is CC.CNc1ccc(-c2ccc(C(O)N(C(=O)C3CCCCC3)c3cc(F)cc(/C=C/C=O)c3)c(F)c2)cc1C=N.COC. The maximum absolute atomic E-state index is 15.5. The van der Waals surface area contributed by atoms with Crippen molar-refractivity contribution in [3.8, 4) is 11.1 Å². The van der Waals surface area contributed by atoms with Crippen molar-refractivity contribution >= 4 is 35.9 Å². The van der Waals surface area contributed by atoms with Crippen LogP contribution in [0.2, 0.25) is 0 Å². The maximum atomic E-state index is 15.5. The van der Waals surface area contributed by atoms with E-state index >= 15 is 4.39 Å². The van der Waals surface area contributed by atoms with Crippen molar-refractivity contribution in [3.63, 3.8) is 0 Å². The average Bonchev–Trinajstić information content (AvgIpc) is 3.04. The van der Waals surface area contributed by atoms with Crippen LogP contribution in [0.5, 0.6) is 0 Å². The summed E-state index contributed by atoms with van der Waals surface area (Å²) in [6.45, 7) is 4.00. The molecule has 0 aromatic heterocycles. The number of carbonyl (C=O) groups excluding carboxylic acids is 2. The third-order valence-electron chi connectivity index (χ3n) is 7.08. The van der Waals surface area contributed by atoms with Gasteiger partial charge < -0.3 is 20.6 Å². The summed E-state index contributed by atoms with van der Waals surface area (Å²) in [5, 5.41) is 22.1. The van der Waals surface area contributed by atoms with E-state index in [0.29, 0.717) is 41.4 Å². The molecule has 0 radical (unpaired) electrons. The highest BCUT2D eigenvalue weighted by Gasteiger charge is 2.33. The molecule has 1 aliphatic carbocycles. The lowest BCUT2D eigenvalue weighted by Crippen LogP contribution is -2.40. The Morgan fingerprint density at radius 3 is 2.25 bits per heavy atom. The minimum Gasteiger partial charge on any atom is -0.388 e. The first kappa shape index (κ1) is 36.0. The Morgan fingerprint density at radius 1 is 1.02 bits per heavy atom. The van der Waals surface area contributed by atoms with Gasteiger partial charge >= 0.3 is 0 Å². The molecule has 0 aliphatic heterocycles. The van der Waals surface area contributed by atoms with E-state index in [1.54, 1.807) is 45.5 Å². The number of allylic oxidation sites excluding steroid dienone is 1. The predicted octanol–water partition coefficient (Wildman–Crippen LogP) is 7.78. The van der Waals surface area contributed by atoms with Gasteiger partial charge in [-0.3, -0.25) is 14.5 Å². The largest absolute Gasteiger partial charge is 0.388 e. The van der Waals surface area contributed by atoms with Gasteiger partial charge in [0.1, 0.15) is 17.9 Å². The third-order valence-corrected chi connectivity index (χ3v) is 7.08. The number of halogens is 2. The lowest BCUT2D eigenvalue weighted by atomic mass is 9.88. The molecule has 3 aromatic rings. The summed E-state index contributed by atoms with van der Waals surface area (Å²) in [6.07, 6.45) is 6.66. The molecule has 0 saturated heterocycles. The number of nitrogens with one attached hydrogen (secondary N) is 2. The summed E-state index contributed by atoms with van der Waals surface area (Å²) in [4.78, 5) is 25.5. The van der Waals surface area contributed by atoms with Gasteiger partial charge in [-0.1, -0.05) is 57.4 Å². The van der Waals surface area contributed by atoms with Crippen LogP contribution in [0.25, 0.3) is 17.2 Å². The number of benzene rings is 3. The van der Waals surface area contributed by atoms with E-state index in [1.165, 1.54) is 42.6 Å². The van der Waals surface area contributed by atoms with Crippen LogP contribution in [0.3, 0.4) is 0 Å². The number of nitrogens with zero attached hydrogens (tertiary/aromatic N) is 1. The summed E-state index contributed by atoms with van der Waals surface area (Å²) < 4.78 is 34.4. The van der Waals surface area contributed by atoms with Crippen LogP contribution >= 0.6 is 0 Å². The molecule has 0 heterocycles. The Bertz CT molecular complexity index is 1420. The first-order valence-corrected chi connectivity index (χ1v) is 14.7. The van der Waals surface area contributed by atoms with Crippen LogP contribution in [-0.4, -0.2) is 44.8 Å². The van der Waals surface area contributed by atoms with E-state index in [0.717, 1.165) is 35.9 Å². The lowest BCUT2D eigenvalue weighted by Gasteiger charge is -2.33. The quantitative estimate of drug-likeness (QED) is 0.0998. The second-order valence-corrected chi connectivity index (χ2v) is 10.00. The molecule has 1 unspecified atom stereocenters. The number of ether oxygens (including phenoxy) is 1. The first-order valence-electron chi connectivity index (χ1n) is 14.7. The van der Waals surface area contributed by atoms with Crippen LogP contribution in [0.1, 0.15) is 68.9 Å². The fourth-order valence-corrected chi connectivity index (χ4v) is 5.06. The van der Waals surface area contributed by atoms with E-state index in [9.17, 15) is 19.1 Å². The summed E-state index contributed by atoms with van der Waals surface area (Å²) in [6, 6.07) is 13.5. The molecular formula is C35H43F2N3O4. The minimum absolute atomic E-state index is 0.0744. The molecule has 1 aliphatic rings. The number of rotatable bonds is 9. The molecule has 3 aromatic carbocycles. The third kappa shape index (κ3) is 9.39. The van der Waals surface area contributed by atoms with E-state index in [2.05, 4.69) is 10.1 Å². The number of anilines is 2. The molecule has 4 rings (SSSR count). The molecule has 1 fully saturated rings. The Balaban J connectivity index is 0.00000127. The van der Waals surface area contributed by atoms with Gasteiger partial charge in [0.05, 0.1) is 5.69 Å². The van der Waals surface area contributed by atoms with E-state index in [4.69, 9.17) is 5.41 Å². The number of carbonyl (C=O) groups is 2. The number of hydrogen-bond donors (Lipinski definition) is 3. The number of aliphatic hydroxyl groups excluding tert-OH is 1. The molecule has 236 valence electrons. The zero-order valence-corrected chi connectivity index (χ0v) is 26.1. The molecule has 1 atom stereocenters. The number of aliphatic hydroxyl groups is 1. The van der Waals surface area contributed by atoms with Gasteiger partial charge in [0.2, 0.25) is 5.91 Å². The monoisotopic (exact) mass is 607 g/mol. The highest BCUT2D eigenvalue weighted by atomic mass is 19.1. The van der Waals surface area contributed by atoms with Crippen LogP contribution in [0.4, 0.5) is 20.2 Å². The number of hydrogen-bond acceptors (Lipinski definition) is 6. The minimum atomic E-state index is -1.71. The van der Waals surface area contributed by atoms with Gasteiger partial charge in [0, 0.05) is 50.2 Å². The zero-order chi connectivity index (χ0) is 32.6. The molecule has 0 spiro atoms. The number of methoxy groups -OCH3 is 1. The molecule has 9 heteroatoms. The van der Waals surface area contributed by atoms with Crippen LogP contribution in [0, 0.1) is 23.0 Å². The van der Waals surface area contributed by atoms with Crippen molar-refractivity contribution in [1.29, 1.82) is 5.41 Å². The van der Waals surface area contributed by atoms with Gasteiger partial charge in [-0.25, -0.2) is 8.78 Å². The summed E-state index contributed by atoms with van der Waals surface area (Å²) >= 11 is 0. The highest BCUT2D eigenvalue weighted by Crippen LogP contribution is 2.35. The summed E-state index contributed by atoms with van der Waals surface area (Å²) in [5.74, 6) is -2.17. The van der Waals surface area contributed by atoms with E-state index in [-0.39, 0.29) is 17.2 Å². The smallest absolute Gasteiger partial charge is 0.232 e. The van der Waals surface area contributed by atoms with Crippen molar-refractivity contribution in [2.45, 2.75) is 52.2 Å². The molecular weight excluding hydrogens is 564 g/mol. The van der Waals surface area contributed by atoms with Gasteiger partial charge in [0.25, 0.3) is 0 Å². The van der Waals surface area contributed by atoms with Crippen molar-refractivity contribution in [2.75, 3.05) is 31.5 Å². The van der Waals surface area contributed by atoms with Crippen LogP contribution in [-0.2, 0) is 14.3 Å². The van der Waals surface area contributed by atoms with Crippen molar-refractivity contribution in [1.82, 2.24) is 0 Å². The topological polar surface area (TPSA) is 103 Å². The summed E-state index contributed by atoms with van der Waals surface area (Å²) in [5.41, 5.74) is 2.88. The van der Waals surface area contributed by atoms with Crippen LogP contribution < -0.4 is 10.2 Å². The van der Waals surface area contributed by atoms with E-state index in [1.807, 2.05) is 13.8 Å². The zero-order valence-electron chi connectivity index (χ0n) is 26.1. The van der Waals surface area contributed by atoms with Crippen LogP contribution in [0.15, 0.2) is 60.7 Å². The lowest BCUT2D eigenvalue weighted by molar-refractivity contribution is -0.125. The number of amides is 1. The first-order chi connectivity index (χ1) is 21.3. The van der Waals surface area contributed by atoms with E-state index < -0.39 is 23.8 Å². The standard InChI is InChI=1S/C31H31F2N3O3.C2H6O.C2H6/c1-35-29-12-10-22(16-24(29)19-34)23-9-11-27(28(33)17-23)31(39)36(30(38)21-7-3-2-4-8-21)26-15-20(6-5-13-37)14-25(32)18-26;1-3-2;1-2/h5-6,9-19,21,31,34-35,39H,2-4,7-8H2,1H3;1-2H3;1-2H3/b6-5+,34-19?;;. The Kier molecular flexibility index (Phi) is 15.1. The molecule has 7 nitrogen and oxygen atoms in total. The van der Waals surface area contributed by atoms with Crippen molar-refractivity contribution in [2.24, 2.45) is 5.92 Å². The normalized spacial score (nSPS) is 13.5. The Morgan fingerprint density at radius 2 is 1.66 bits per heavy atom. The predicted molar refractivity (Wildman–Crippen MR) is 174 cm³/mol. The Hall–Kier alpha value is -4.21. The molecule has 1 amide bonds. The fourth-order valence-electron chi connectivity index (χ4n) is 5.06. The van der Waals surface area contributed by atoms with Gasteiger partial charge in [-0.2, -0.15) is 0 Å². The molecule has 0 bridgehead atoms. The Labute approximate surface area is 259 Å². The molecule has 3 N–H and O–H groups in total. The highest BCUT2D eigenvalue weighted by molar-refractivity contribution is 5.96. The maximum Gasteiger partial charge on any atom is 0.232 e. The number of aldehydes is 1. The fraction of sp³-hybridized carbons (Fsp3) is 0.343.